The number of hydrogen-bond donors (Lipinski definition) is 1. The summed E-state index contributed by atoms with van der Waals surface area (Å²) in [6, 6.07) is 0. The molecule has 0 heterocycles. The van der Waals surface area contributed by atoms with E-state index in [1.807, 2.05) is 0 Å². The fraction of sp³-hybridized carbons (Fsp3) is 0.958. The Morgan fingerprint density at radius 3 is 2.31 bits per heavy atom. The van der Waals surface area contributed by atoms with E-state index in [4.69, 9.17) is 9.39 Å². The second-order valence-corrected chi connectivity index (χ2v) is 11.3. The van der Waals surface area contributed by atoms with Crippen molar-refractivity contribution in [3.63, 3.8) is 0 Å². The molecule has 0 amide bonds. The number of aliphatic hydroxyl groups is 1. The fourth-order valence-corrected chi connectivity index (χ4v) is 6.07. The number of ether oxygens (including phenoxy) is 1. The highest BCUT2D eigenvalue weighted by atomic mass is 16.6. The number of carbonyl (C=O) groups is 1. The van der Waals surface area contributed by atoms with Gasteiger partial charge in [0, 0.05) is 5.92 Å². The minimum atomic E-state index is -0.627. The molecule has 5 unspecified atom stereocenters. The Kier molecular flexibility index (Phi) is 7.42. The fourth-order valence-electron chi connectivity index (χ4n) is 6.07. The molecule has 3 saturated carbocycles. The Balaban J connectivity index is 1.41. The topological polar surface area (TPSA) is 55.8 Å². The molecule has 4 nitrogen and oxygen atoms in total. The van der Waals surface area contributed by atoms with Crippen LogP contribution in [-0.2, 0) is 14.2 Å². The molecule has 3 aliphatic carbocycles. The van der Waals surface area contributed by atoms with Crippen LogP contribution in [0, 0.1) is 29.1 Å². The van der Waals surface area contributed by atoms with Gasteiger partial charge in [-0.2, -0.15) is 0 Å². The number of rotatable bonds is 7. The maximum atomic E-state index is 12.7. The second kappa shape index (κ2) is 9.30. The predicted octanol–water partition coefficient (Wildman–Crippen LogP) is 5.24. The van der Waals surface area contributed by atoms with Crippen LogP contribution in [0.25, 0.3) is 0 Å². The molecule has 0 aromatic carbocycles. The van der Waals surface area contributed by atoms with Gasteiger partial charge >= 0.3 is 7.48 Å². The van der Waals surface area contributed by atoms with Crippen molar-refractivity contribution in [1.82, 2.24) is 0 Å². The van der Waals surface area contributed by atoms with E-state index in [0.717, 1.165) is 50.9 Å². The van der Waals surface area contributed by atoms with E-state index in [2.05, 4.69) is 34.6 Å². The van der Waals surface area contributed by atoms with Gasteiger partial charge in [-0.05, 0) is 81.4 Å². The zero-order chi connectivity index (χ0) is 21.2. The Bertz CT molecular complexity index is 553. The summed E-state index contributed by atoms with van der Waals surface area (Å²) in [7, 11) is 0.599. The Morgan fingerprint density at radius 2 is 1.79 bits per heavy atom. The third-order valence-corrected chi connectivity index (χ3v) is 8.28. The van der Waals surface area contributed by atoms with Gasteiger partial charge in [-0.1, -0.05) is 40.5 Å². The predicted molar refractivity (Wildman–Crippen MR) is 118 cm³/mol. The number of carbonyl (C=O) groups excluding carboxylic acids is 1. The Labute approximate surface area is 178 Å². The van der Waals surface area contributed by atoms with Gasteiger partial charge in [-0.25, -0.2) is 0 Å². The Hall–Kier alpha value is -0.545. The third-order valence-electron chi connectivity index (χ3n) is 8.28. The van der Waals surface area contributed by atoms with Gasteiger partial charge in [0.1, 0.15) is 0 Å². The SMILES string of the molecule is CCC1CC(BOC(=O)C2CCCC(C)(OC(O)C3CC3C)CCC2)CC1(C)C. The quantitative estimate of drug-likeness (QED) is 0.464. The summed E-state index contributed by atoms with van der Waals surface area (Å²) in [5.74, 6) is 2.21. The standard InChI is InChI=1S/C24H43BO4/c1-6-18-14-19(15-23(18,3)4)25-29-21(26)17-9-7-11-24(5,12-8-10-17)28-22(27)20-13-16(20)2/h16-20,22,25,27H,6-15H2,1-5H3. The van der Waals surface area contributed by atoms with Gasteiger partial charge in [0.15, 0.2) is 6.29 Å². The van der Waals surface area contributed by atoms with Gasteiger partial charge in [-0.15, -0.1) is 0 Å². The van der Waals surface area contributed by atoms with Crippen molar-refractivity contribution in [2.75, 3.05) is 0 Å². The molecule has 0 spiro atoms. The van der Waals surface area contributed by atoms with Crippen molar-refractivity contribution in [1.29, 1.82) is 0 Å². The molecule has 3 fully saturated rings. The number of hydrogen-bond acceptors (Lipinski definition) is 4. The lowest BCUT2D eigenvalue weighted by Gasteiger charge is -2.35. The smallest absolute Gasteiger partial charge is 0.347 e. The molecule has 0 aromatic rings. The summed E-state index contributed by atoms with van der Waals surface area (Å²) in [4.78, 5) is 12.7. The van der Waals surface area contributed by atoms with Crippen LogP contribution < -0.4 is 0 Å². The summed E-state index contributed by atoms with van der Waals surface area (Å²) in [5, 5.41) is 10.3. The zero-order valence-electron chi connectivity index (χ0n) is 19.4. The zero-order valence-corrected chi connectivity index (χ0v) is 19.4. The molecule has 0 aromatic heterocycles. The normalized spacial score (nSPS) is 40.6. The van der Waals surface area contributed by atoms with E-state index in [9.17, 15) is 9.90 Å². The van der Waals surface area contributed by atoms with Crippen LogP contribution in [0.3, 0.4) is 0 Å². The van der Waals surface area contributed by atoms with Gasteiger partial charge in [-0.3, -0.25) is 4.79 Å². The first-order valence-corrected chi connectivity index (χ1v) is 12.2. The largest absolute Gasteiger partial charge is 0.539 e. The van der Waals surface area contributed by atoms with Crippen LogP contribution in [-0.4, -0.2) is 30.4 Å². The van der Waals surface area contributed by atoms with Gasteiger partial charge in [0.25, 0.3) is 5.97 Å². The highest BCUT2D eigenvalue weighted by Gasteiger charge is 2.43. The lowest BCUT2D eigenvalue weighted by atomic mass is 9.76. The molecule has 0 saturated heterocycles. The minimum Gasteiger partial charge on any atom is -0.539 e. The van der Waals surface area contributed by atoms with Crippen LogP contribution >= 0.6 is 0 Å². The third kappa shape index (κ3) is 6.00. The molecular formula is C24H43BO4. The van der Waals surface area contributed by atoms with Crippen LogP contribution in [0.5, 0.6) is 0 Å². The molecule has 0 aliphatic heterocycles. The lowest BCUT2D eigenvalue weighted by Crippen LogP contribution is -2.36. The van der Waals surface area contributed by atoms with Crippen LogP contribution in [0.4, 0.5) is 0 Å². The van der Waals surface area contributed by atoms with Crippen LogP contribution in [0.2, 0.25) is 5.82 Å². The Morgan fingerprint density at radius 1 is 1.17 bits per heavy atom. The van der Waals surface area contributed by atoms with Crippen molar-refractivity contribution in [3.05, 3.63) is 0 Å². The van der Waals surface area contributed by atoms with E-state index < -0.39 is 6.29 Å². The van der Waals surface area contributed by atoms with Crippen molar-refractivity contribution >= 4 is 13.5 Å². The maximum absolute atomic E-state index is 12.7. The second-order valence-electron chi connectivity index (χ2n) is 11.3. The van der Waals surface area contributed by atoms with E-state index in [1.54, 1.807) is 0 Å². The molecule has 5 heteroatoms. The summed E-state index contributed by atoms with van der Waals surface area (Å²) in [5.41, 5.74) is 0.112. The van der Waals surface area contributed by atoms with Gasteiger partial charge < -0.3 is 14.5 Å². The van der Waals surface area contributed by atoms with Gasteiger partial charge in [0.2, 0.25) is 0 Å². The summed E-state index contributed by atoms with van der Waals surface area (Å²) in [6.45, 7) is 11.3. The minimum absolute atomic E-state index is 0.0131. The highest BCUT2D eigenvalue weighted by molar-refractivity contribution is 6.32. The molecule has 166 valence electrons. The summed E-state index contributed by atoms with van der Waals surface area (Å²) < 4.78 is 11.9. The maximum Gasteiger partial charge on any atom is 0.347 e. The van der Waals surface area contributed by atoms with Crippen LogP contribution in [0.15, 0.2) is 0 Å². The van der Waals surface area contributed by atoms with E-state index in [1.165, 1.54) is 19.3 Å². The monoisotopic (exact) mass is 406 g/mol. The van der Waals surface area contributed by atoms with Crippen molar-refractivity contribution in [3.8, 4) is 0 Å². The van der Waals surface area contributed by atoms with E-state index in [-0.39, 0.29) is 17.5 Å². The molecule has 1 N–H and O–H groups in total. The molecular weight excluding hydrogens is 363 g/mol. The first-order chi connectivity index (χ1) is 13.6. The molecule has 3 aliphatic rings. The van der Waals surface area contributed by atoms with E-state index in [0.29, 0.717) is 30.6 Å². The summed E-state index contributed by atoms with van der Waals surface area (Å²) >= 11 is 0. The first kappa shape index (κ1) is 23.1. The first-order valence-electron chi connectivity index (χ1n) is 12.2. The molecule has 0 radical (unpaired) electrons. The molecule has 29 heavy (non-hydrogen) atoms. The summed E-state index contributed by atoms with van der Waals surface area (Å²) in [6.07, 6.45) is 9.50. The van der Waals surface area contributed by atoms with Crippen molar-refractivity contribution in [2.24, 2.45) is 29.1 Å². The van der Waals surface area contributed by atoms with E-state index >= 15 is 0 Å². The van der Waals surface area contributed by atoms with Gasteiger partial charge in [0.05, 0.1) is 11.5 Å². The van der Waals surface area contributed by atoms with Crippen molar-refractivity contribution < 1.29 is 19.3 Å². The van der Waals surface area contributed by atoms with Crippen molar-refractivity contribution in [2.45, 2.75) is 117 Å². The van der Waals surface area contributed by atoms with Crippen LogP contribution in [0.1, 0.15) is 98.8 Å². The average molecular weight is 406 g/mol. The molecule has 5 atom stereocenters. The molecule has 0 bridgehead atoms. The average Bonchev–Trinajstić information content (AvgIpc) is 3.28. The lowest BCUT2D eigenvalue weighted by molar-refractivity contribution is -0.198. The number of aliphatic hydroxyl groups excluding tert-OH is 1. The highest BCUT2D eigenvalue weighted by Crippen LogP contribution is 2.50. The molecule has 3 rings (SSSR count).